The molecule has 5 rings (SSSR count). The molecule has 1 saturated heterocycles. The third kappa shape index (κ3) is 9.62. The summed E-state index contributed by atoms with van der Waals surface area (Å²) in [5.41, 5.74) is 4.55. The van der Waals surface area contributed by atoms with Gasteiger partial charge in [0.15, 0.2) is 0 Å². The van der Waals surface area contributed by atoms with Crippen LogP contribution in [0.4, 0.5) is 0 Å². The van der Waals surface area contributed by atoms with Gasteiger partial charge in [0.05, 0.1) is 14.2 Å². The van der Waals surface area contributed by atoms with Crippen molar-refractivity contribution in [3.63, 3.8) is 0 Å². The fourth-order valence-corrected chi connectivity index (χ4v) is 4.33. The number of ether oxygens (including phenoxy) is 2. The molecule has 10 nitrogen and oxygen atoms in total. The quantitative estimate of drug-likeness (QED) is 0.200. The van der Waals surface area contributed by atoms with E-state index in [0.29, 0.717) is 13.1 Å². The van der Waals surface area contributed by atoms with Gasteiger partial charge in [-0.2, -0.15) is 0 Å². The number of carbonyl (C=O) groups excluding carboxylic acids is 2. The third-order valence-corrected chi connectivity index (χ3v) is 6.44. The number of H-pyrrole nitrogens is 2. The largest absolute Gasteiger partial charge is 0.497 e. The standard InChI is InChI=1S/2C13H16N2O2.C4H10N2/c2*1-9(16)14-6-5-10-8-15-13-4-3-11(17-2)7-12(10)13;1-2-6-4-3-5-1/h2*3-4,7-8,15H,5-6H2,1-2H3,(H,14,16);5-6H,1-4H2. The second kappa shape index (κ2) is 16.2. The SMILES string of the molecule is C1CNCCN1.COc1ccc2[nH]cc(CCNC(C)=O)c2c1.COc1ccc2[nH]cc(CCNC(C)=O)c2c1. The summed E-state index contributed by atoms with van der Waals surface area (Å²) < 4.78 is 10.4. The number of benzene rings is 2. The number of hydrogen-bond acceptors (Lipinski definition) is 6. The van der Waals surface area contributed by atoms with Gasteiger partial charge in [-0.1, -0.05) is 0 Å². The maximum Gasteiger partial charge on any atom is 0.216 e. The minimum absolute atomic E-state index is 0.00224. The van der Waals surface area contributed by atoms with Gasteiger partial charge >= 0.3 is 0 Å². The Labute approximate surface area is 235 Å². The third-order valence-electron chi connectivity index (χ3n) is 6.44. The zero-order valence-corrected chi connectivity index (χ0v) is 23.9. The van der Waals surface area contributed by atoms with Crippen molar-refractivity contribution in [2.24, 2.45) is 0 Å². The van der Waals surface area contributed by atoms with Crippen LogP contribution in [0, 0.1) is 0 Å². The Balaban J connectivity index is 0.000000183. The monoisotopic (exact) mass is 550 g/mol. The Morgan fingerprint density at radius 1 is 0.700 bits per heavy atom. The molecule has 1 fully saturated rings. The first-order valence-corrected chi connectivity index (χ1v) is 13.6. The van der Waals surface area contributed by atoms with Crippen molar-refractivity contribution in [3.05, 3.63) is 59.9 Å². The van der Waals surface area contributed by atoms with Crippen LogP contribution in [-0.2, 0) is 22.4 Å². The lowest BCUT2D eigenvalue weighted by Crippen LogP contribution is -2.39. The van der Waals surface area contributed by atoms with Gasteiger partial charge in [0.25, 0.3) is 0 Å². The highest BCUT2D eigenvalue weighted by Gasteiger charge is 2.06. The average molecular weight is 551 g/mol. The summed E-state index contributed by atoms with van der Waals surface area (Å²) in [5, 5.41) is 14.3. The predicted octanol–water partition coefficient (Wildman–Crippen LogP) is 2.89. The van der Waals surface area contributed by atoms with E-state index in [-0.39, 0.29) is 11.8 Å². The normalized spacial score (nSPS) is 12.5. The first-order chi connectivity index (χ1) is 19.4. The molecule has 0 unspecified atom stereocenters. The van der Waals surface area contributed by atoms with Crippen LogP contribution in [0.1, 0.15) is 25.0 Å². The Kier molecular flexibility index (Phi) is 12.3. The highest BCUT2D eigenvalue weighted by molar-refractivity contribution is 5.85. The number of methoxy groups -OCH3 is 2. The second-order valence-electron chi connectivity index (χ2n) is 9.42. The molecular weight excluding hydrogens is 508 g/mol. The molecule has 6 N–H and O–H groups in total. The molecule has 1 aliphatic heterocycles. The van der Waals surface area contributed by atoms with Gasteiger partial charge in [-0.3, -0.25) is 9.59 Å². The zero-order chi connectivity index (χ0) is 28.7. The van der Waals surface area contributed by atoms with Crippen LogP contribution in [0.5, 0.6) is 11.5 Å². The van der Waals surface area contributed by atoms with Crippen molar-refractivity contribution in [3.8, 4) is 11.5 Å². The number of fused-ring (bicyclic) bond motifs is 2. The van der Waals surface area contributed by atoms with E-state index in [1.54, 1.807) is 14.2 Å². The Bertz CT molecular complexity index is 1250. The zero-order valence-electron chi connectivity index (χ0n) is 23.9. The molecule has 0 saturated carbocycles. The van der Waals surface area contributed by atoms with E-state index in [2.05, 4.69) is 31.2 Å². The Hall–Kier alpha value is -4.02. The van der Waals surface area contributed by atoms with Crippen LogP contribution in [-0.4, -0.2) is 75.3 Å². The van der Waals surface area contributed by atoms with Crippen LogP contribution >= 0.6 is 0 Å². The molecule has 0 spiro atoms. The smallest absolute Gasteiger partial charge is 0.216 e. The summed E-state index contributed by atoms with van der Waals surface area (Å²) in [7, 11) is 3.32. The topological polar surface area (TPSA) is 132 Å². The van der Waals surface area contributed by atoms with Crippen LogP contribution < -0.4 is 30.7 Å². The molecule has 40 heavy (non-hydrogen) atoms. The maximum atomic E-state index is 10.8. The highest BCUT2D eigenvalue weighted by atomic mass is 16.5. The van der Waals surface area contributed by atoms with Gasteiger partial charge < -0.3 is 40.7 Å². The Morgan fingerprint density at radius 2 is 1.10 bits per heavy atom. The molecule has 4 aromatic rings. The van der Waals surface area contributed by atoms with Crippen molar-refractivity contribution in [1.29, 1.82) is 0 Å². The molecule has 216 valence electrons. The molecule has 1 aliphatic rings. The molecule has 0 bridgehead atoms. The van der Waals surface area contributed by atoms with Crippen molar-refractivity contribution in [1.82, 2.24) is 31.2 Å². The van der Waals surface area contributed by atoms with Gasteiger partial charge in [0.2, 0.25) is 11.8 Å². The van der Waals surface area contributed by atoms with E-state index < -0.39 is 0 Å². The molecule has 0 atom stereocenters. The fourth-order valence-electron chi connectivity index (χ4n) is 4.33. The summed E-state index contributed by atoms with van der Waals surface area (Å²) >= 11 is 0. The van der Waals surface area contributed by atoms with Gasteiger partial charge in [0, 0.05) is 87.3 Å². The number of carbonyl (C=O) groups is 2. The summed E-state index contributed by atoms with van der Waals surface area (Å²) in [6.45, 7) is 8.91. The summed E-state index contributed by atoms with van der Waals surface area (Å²) in [4.78, 5) is 28.0. The molecule has 0 aliphatic carbocycles. The van der Waals surface area contributed by atoms with Crippen LogP contribution in [0.3, 0.4) is 0 Å². The van der Waals surface area contributed by atoms with Gasteiger partial charge in [-0.25, -0.2) is 0 Å². The molecule has 10 heteroatoms. The van der Waals surface area contributed by atoms with Crippen LogP contribution in [0.2, 0.25) is 0 Å². The molecular formula is C30H42N6O4. The second-order valence-corrected chi connectivity index (χ2v) is 9.42. The number of nitrogens with one attached hydrogen (secondary N) is 6. The highest BCUT2D eigenvalue weighted by Crippen LogP contribution is 2.24. The number of rotatable bonds is 8. The number of aromatic amines is 2. The minimum Gasteiger partial charge on any atom is -0.497 e. The summed E-state index contributed by atoms with van der Waals surface area (Å²) in [5.74, 6) is 1.69. The van der Waals surface area contributed by atoms with Gasteiger partial charge in [0.1, 0.15) is 11.5 Å². The van der Waals surface area contributed by atoms with Gasteiger partial charge in [-0.05, 0) is 60.4 Å². The van der Waals surface area contributed by atoms with E-state index >= 15 is 0 Å². The van der Waals surface area contributed by atoms with Crippen molar-refractivity contribution in [2.45, 2.75) is 26.7 Å². The van der Waals surface area contributed by atoms with E-state index in [4.69, 9.17) is 9.47 Å². The molecule has 0 radical (unpaired) electrons. The van der Waals surface area contributed by atoms with E-state index in [0.717, 1.165) is 72.3 Å². The number of amides is 2. The van der Waals surface area contributed by atoms with E-state index in [1.165, 1.54) is 25.0 Å². The molecule has 2 amide bonds. The summed E-state index contributed by atoms with van der Waals surface area (Å²) in [6.07, 6.45) is 5.58. The predicted molar refractivity (Wildman–Crippen MR) is 160 cm³/mol. The number of piperazine rings is 1. The van der Waals surface area contributed by atoms with E-state index in [9.17, 15) is 9.59 Å². The molecule has 3 heterocycles. The Morgan fingerprint density at radius 3 is 1.43 bits per heavy atom. The first kappa shape index (κ1) is 30.5. The summed E-state index contributed by atoms with van der Waals surface area (Å²) in [6, 6.07) is 11.9. The first-order valence-electron chi connectivity index (χ1n) is 13.6. The lowest BCUT2D eigenvalue weighted by molar-refractivity contribution is -0.119. The van der Waals surface area contributed by atoms with Crippen molar-refractivity contribution < 1.29 is 19.1 Å². The van der Waals surface area contributed by atoms with Crippen LogP contribution in [0.25, 0.3) is 21.8 Å². The lowest BCUT2D eigenvalue weighted by atomic mass is 10.1. The van der Waals surface area contributed by atoms with Crippen molar-refractivity contribution in [2.75, 3.05) is 53.5 Å². The minimum atomic E-state index is 0.00224. The van der Waals surface area contributed by atoms with E-state index in [1.807, 2.05) is 48.8 Å². The number of aromatic nitrogens is 2. The molecule has 2 aromatic heterocycles. The number of hydrogen-bond donors (Lipinski definition) is 6. The maximum absolute atomic E-state index is 10.8. The van der Waals surface area contributed by atoms with Crippen molar-refractivity contribution >= 4 is 33.6 Å². The fraction of sp³-hybridized carbons (Fsp3) is 0.400. The van der Waals surface area contributed by atoms with Gasteiger partial charge in [-0.15, -0.1) is 0 Å². The molecule has 2 aromatic carbocycles. The average Bonchev–Trinajstić information content (AvgIpc) is 3.57. The van der Waals surface area contributed by atoms with Crippen LogP contribution in [0.15, 0.2) is 48.8 Å². The lowest BCUT2D eigenvalue weighted by Gasteiger charge is -2.11.